The van der Waals surface area contributed by atoms with Gasteiger partial charge >= 0.3 is 0 Å². The molecule has 2 aromatic rings. The number of aromatic nitrogens is 2. The molecule has 1 heterocycles. The maximum absolute atomic E-state index is 5.25. The highest BCUT2D eigenvalue weighted by molar-refractivity contribution is 5.18. The number of hydrogen-bond acceptors (Lipinski definition) is 5. The minimum Gasteiger partial charge on any atom is -0.338 e. The minimum atomic E-state index is 0.425. The highest BCUT2D eigenvalue weighted by Gasteiger charge is 2.06. The molecule has 0 aliphatic rings. The fourth-order valence-corrected chi connectivity index (χ4v) is 1.55. The SMILES string of the molecule is CC(C)CONCc1nc(Cc2ccccc2)no1. The average molecular weight is 261 g/mol. The van der Waals surface area contributed by atoms with Crippen LogP contribution in [0.3, 0.4) is 0 Å². The highest BCUT2D eigenvalue weighted by Crippen LogP contribution is 2.06. The number of benzene rings is 1. The van der Waals surface area contributed by atoms with E-state index in [9.17, 15) is 0 Å². The second-order valence-corrected chi connectivity index (χ2v) is 4.79. The number of nitrogens with zero attached hydrogens (tertiary/aromatic N) is 2. The lowest BCUT2D eigenvalue weighted by atomic mass is 10.1. The molecule has 5 heteroatoms. The first-order valence-corrected chi connectivity index (χ1v) is 6.44. The van der Waals surface area contributed by atoms with Crippen LogP contribution in [0.5, 0.6) is 0 Å². The summed E-state index contributed by atoms with van der Waals surface area (Å²) in [6.07, 6.45) is 0.678. The molecule has 5 nitrogen and oxygen atoms in total. The molecule has 0 amide bonds. The van der Waals surface area contributed by atoms with Gasteiger partial charge in [-0.3, -0.25) is 0 Å². The standard InChI is InChI=1S/C14H19N3O2/c1-11(2)10-18-15-9-14-16-13(17-19-14)8-12-6-4-3-5-7-12/h3-7,11,15H,8-10H2,1-2H3. The Bertz CT molecular complexity index is 482. The van der Waals surface area contributed by atoms with Crippen LogP contribution >= 0.6 is 0 Å². The van der Waals surface area contributed by atoms with Crippen molar-refractivity contribution >= 4 is 0 Å². The van der Waals surface area contributed by atoms with Crippen LogP contribution in [-0.4, -0.2) is 16.7 Å². The van der Waals surface area contributed by atoms with Gasteiger partial charge in [0, 0.05) is 6.42 Å². The quantitative estimate of drug-likeness (QED) is 0.612. The summed E-state index contributed by atoms with van der Waals surface area (Å²) in [5, 5.41) is 3.94. The van der Waals surface area contributed by atoms with E-state index in [4.69, 9.17) is 9.36 Å². The molecule has 1 aromatic carbocycles. The van der Waals surface area contributed by atoms with Crippen molar-refractivity contribution in [2.24, 2.45) is 5.92 Å². The molecular formula is C14H19N3O2. The van der Waals surface area contributed by atoms with E-state index in [1.54, 1.807) is 0 Å². The molecule has 0 spiro atoms. The fourth-order valence-electron chi connectivity index (χ4n) is 1.55. The zero-order chi connectivity index (χ0) is 13.5. The van der Waals surface area contributed by atoms with Crippen LogP contribution in [0, 0.1) is 5.92 Å². The maximum atomic E-state index is 5.25. The Morgan fingerprint density at radius 3 is 2.79 bits per heavy atom. The highest BCUT2D eigenvalue weighted by atomic mass is 16.6. The second kappa shape index (κ2) is 7.01. The van der Waals surface area contributed by atoms with Gasteiger partial charge in [-0.05, 0) is 11.5 Å². The van der Waals surface area contributed by atoms with Gasteiger partial charge in [-0.15, -0.1) is 0 Å². The van der Waals surface area contributed by atoms with Crippen LogP contribution in [0.4, 0.5) is 0 Å². The number of rotatable bonds is 7. The molecule has 0 aliphatic carbocycles. The van der Waals surface area contributed by atoms with Gasteiger partial charge in [0.25, 0.3) is 0 Å². The van der Waals surface area contributed by atoms with Gasteiger partial charge in [0.05, 0.1) is 6.61 Å². The molecule has 0 fully saturated rings. The second-order valence-electron chi connectivity index (χ2n) is 4.79. The Labute approximate surface area is 112 Å². The largest absolute Gasteiger partial charge is 0.338 e. The first kappa shape index (κ1) is 13.7. The molecule has 0 aliphatic heterocycles. The summed E-state index contributed by atoms with van der Waals surface area (Å²) in [6, 6.07) is 10.1. The minimum absolute atomic E-state index is 0.425. The Morgan fingerprint density at radius 1 is 1.26 bits per heavy atom. The molecule has 19 heavy (non-hydrogen) atoms. The van der Waals surface area contributed by atoms with E-state index in [1.807, 2.05) is 30.3 Å². The normalized spacial score (nSPS) is 11.1. The molecule has 1 N–H and O–H groups in total. The lowest BCUT2D eigenvalue weighted by molar-refractivity contribution is 0.0148. The van der Waals surface area contributed by atoms with Crippen LogP contribution < -0.4 is 5.48 Å². The van der Waals surface area contributed by atoms with Crippen molar-refractivity contribution in [3.63, 3.8) is 0 Å². The van der Waals surface area contributed by atoms with Crippen molar-refractivity contribution in [1.29, 1.82) is 0 Å². The summed E-state index contributed by atoms with van der Waals surface area (Å²) in [5.41, 5.74) is 3.98. The Morgan fingerprint density at radius 2 is 2.05 bits per heavy atom. The van der Waals surface area contributed by atoms with Gasteiger partial charge in [-0.25, -0.2) is 0 Å². The molecule has 0 saturated carbocycles. The molecule has 0 bridgehead atoms. The first-order valence-electron chi connectivity index (χ1n) is 6.44. The van der Waals surface area contributed by atoms with E-state index in [0.29, 0.717) is 37.2 Å². The molecule has 102 valence electrons. The van der Waals surface area contributed by atoms with Crippen molar-refractivity contribution in [3.05, 3.63) is 47.6 Å². The Kier molecular flexibility index (Phi) is 5.06. The fraction of sp³-hybridized carbons (Fsp3) is 0.429. The predicted molar refractivity (Wildman–Crippen MR) is 71.2 cm³/mol. The van der Waals surface area contributed by atoms with E-state index in [1.165, 1.54) is 5.56 Å². The van der Waals surface area contributed by atoms with Crippen LogP contribution in [0.15, 0.2) is 34.9 Å². The van der Waals surface area contributed by atoms with E-state index < -0.39 is 0 Å². The van der Waals surface area contributed by atoms with Gasteiger partial charge in [0.15, 0.2) is 5.82 Å². The van der Waals surface area contributed by atoms with E-state index in [0.717, 1.165) is 0 Å². The summed E-state index contributed by atoms with van der Waals surface area (Å²) < 4.78 is 5.14. The van der Waals surface area contributed by atoms with Crippen molar-refractivity contribution < 1.29 is 9.36 Å². The molecule has 0 atom stereocenters. The van der Waals surface area contributed by atoms with Gasteiger partial charge in [0.1, 0.15) is 6.54 Å². The molecule has 2 rings (SSSR count). The molecule has 0 saturated heterocycles. The molecule has 0 radical (unpaired) electrons. The van der Waals surface area contributed by atoms with E-state index in [2.05, 4.69) is 29.5 Å². The Hall–Kier alpha value is -1.72. The third-order valence-electron chi connectivity index (χ3n) is 2.46. The lowest BCUT2D eigenvalue weighted by Gasteiger charge is -2.05. The third kappa shape index (κ3) is 4.81. The summed E-state index contributed by atoms with van der Waals surface area (Å²) in [6.45, 7) is 5.26. The zero-order valence-corrected chi connectivity index (χ0v) is 11.3. The van der Waals surface area contributed by atoms with Crippen LogP contribution in [0.1, 0.15) is 31.1 Å². The lowest BCUT2D eigenvalue weighted by Crippen LogP contribution is -2.17. The van der Waals surface area contributed by atoms with Crippen LogP contribution in [0.2, 0.25) is 0 Å². The summed E-state index contributed by atoms with van der Waals surface area (Å²) in [7, 11) is 0. The maximum Gasteiger partial charge on any atom is 0.242 e. The van der Waals surface area contributed by atoms with Crippen molar-refractivity contribution in [2.75, 3.05) is 6.61 Å². The van der Waals surface area contributed by atoms with Gasteiger partial charge in [-0.1, -0.05) is 49.3 Å². The molecular weight excluding hydrogens is 242 g/mol. The van der Waals surface area contributed by atoms with Crippen LogP contribution in [0.25, 0.3) is 0 Å². The average Bonchev–Trinajstić information content (AvgIpc) is 2.83. The van der Waals surface area contributed by atoms with Crippen molar-refractivity contribution in [2.45, 2.75) is 26.8 Å². The molecule has 0 unspecified atom stereocenters. The summed E-state index contributed by atoms with van der Waals surface area (Å²) in [5.74, 6) is 1.71. The van der Waals surface area contributed by atoms with E-state index in [-0.39, 0.29) is 0 Å². The monoisotopic (exact) mass is 261 g/mol. The third-order valence-corrected chi connectivity index (χ3v) is 2.46. The summed E-state index contributed by atoms with van der Waals surface area (Å²) >= 11 is 0. The van der Waals surface area contributed by atoms with Gasteiger partial charge in [-0.2, -0.15) is 10.5 Å². The van der Waals surface area contributed by atoms with Crippen molar-refractivity contribution in [3.8, 4) is 0 Å². The van der Waals surface area contributed by atoms with E-state index >= 15 is 0 Å². The number of hydrogen-bond donors (Lipinski definition) is 1. The Balaban J connectivity index is 1.79. The van der Waals surface area contributed by atoms with Crippen molar-refractivity contribution in [1.82, 2.24) is 15.6 Å². The van der Waals surface area contributed by atoms with Gasteiger partial charge < -0.3 is 9.36 Å². The van der Waals surface area contributed by atoms with Crippen LogP contribution in [-0.2, 0) is 17.8 Å². The predicted octanol–water partition coefficient (Wildman–Crippen LogP) is 2.34. The topological polar surface area (TPSA) is 60.2 Å². The number of hydroxylamine groups is 1. The summed E-state index contributed by atoms with van der Waals surface area (Å²) in [4.78, 5) is 9.55. The first-order chi connectivity index (χ1) is 9.24. The number of nitrogens with one attached hydrogen (secondary N) is 1. The smallest absolute Gasteiger partial charge is 0.242 e. The molecule has 1 aromatic heterocycles. The zero-order valence-electron chi connectivity index (χ0n) is 11.3. The van der Waals surface area contributed by atoms with Gasteiger partial charge in [0.2, 0.25) is 5.89 Å².